The summed E-state index contributed by atoms with van der Waals surface area (Å²) in [7, 11) is 3.42. The smallest absolute Gasteiger partial charge is 0.228 e. The van der Waals surface area contributed by atoms with Crippen LogP contribution < -0.4 is 10.1 Å². The number of carbonyl (C=O) groups is 1. The number of rotatable bonds is 4. The summed E-state index contributed by atoms with van der Waals surface area (Å²) in [6.07, 6.45) is 0. The third kappa shape index (κ3) is 3.75. The average molecular weight is 305 g/mol. The van der Waals surface area contributed by atoms with Crippen molar-refractivity contribution in [2.75, 3.05) is 27.2 Å². The van der Waals surface area contributed by atoms with Gasteiger partial charge in [0.2, 0.25) is 5.91 Å². The number of amides is 1. The molecule has 4 nitrogen and oxygen atoms in total. The number of carbonyl (C=O) groups excluding carboxylic acids is 1. The second kappa shape index (κ2) is 6.98. The Morgan fingerprint density at radius 2 is 2.21 bits per heavy atom. The maximum Gasteiger partial charge on any atom is 0.228 e. The minimum absolute atomic E-state index is 0. The predicted molar refractivity (Wildman–Crippen MR) is 78.1 cm³/mol. The van der Waals surface area contributed by atoms with Crippen molar-refractivity contribution in [3.63, 3.8) is 0 Å². The molecule has 0 unspecified atom stereocenters. The molecule has 1 amide bonds. The van der Waals surface area contributed by atoms with Crippen LogP contribution >= 0.6 is 24.0 Å². The molecule has 0 aliphatic carbocycles. The molecule has 0 atom stereocenters. The van der Waals surface area contributed by atoms with Gasteiger partial charge in [-0.25, -0.2) is 0 Å². The maximum atomic E-state index is 12.0. The fourth-order valence-electron chi connectivity index (χ4n) is 1.98. The summed E-state index contributed by atoms with van der Waals surface area (Å²) in [5.41, 5.74) is 0.924. The van der Waals surface area contributed by atoms with Gasteiger partial charge >= 0.3 is 0 Å². The molecule has 1 N–H and O–H groups in total. The number of ether oxygens (including phenoxy) is 1. The minimum atomic E-state index is 0. The number of benzene rings is 1. The van der Waals surface area contributed by atoms with Crippen molar-refractivity contribution >= 4 is 29.9 Å². The first-order valence-corrected chi connectivity index (χ1v) is 6.27. The van der Waals surface area contributed by atoms with Crippen LogP contribution in [0.5, 0.6) is 5.75 Å². The molecule has 0 aromatic heterocycles. The normalized spacial score (nSPS) is 14.3. The van der Waals surface area contributed by atoms with Crippen molar-refractivity contribution < 1.29 is 9.53 Å². The van der Waals surface area contributed by atoms with Gasteiger partial charge in [-0.2, -0.15) is 0 Å². The lowest BCUT2D eigenvalue weighted by molar-refractivity contribution is -0.136. The summed E-state index contributed by atoms with van der Waals surface area (Å²) in [5, 5.41) is 3.75. The zero-order valence-corrected chi connectivity index (χ0v) is 12.6. The van der Waals surface area contributed by atoms with Crippen LogP contribution in [0.3, 0.4) is 0 Å². The van der Waals surface area contributed by atoms with E-state index in [1.165, 1.54) is 0 Å². The van der Waals surface area contributed by atoms with Gasteiger partial charge in [0.1, 0.15) is 5.75 Å². The van der Waals surface area contributed by atoms with Gasteiger partial charge in [0.05, 0.1) is 13.0 Å². The largest absolute Gasteiger partial charge is 0.496 e. The lowest BCUT2D eigenvalue weighted by Crippen LogP contribution is -2.51. The Kier molecular flexibility index (Phi) is 5.91. The van der Waals surface area contributed by atoms with E-state index in [0.29, 0.717) is 11.6 Å². The Balaban J connectivity index is 0.00000180. The van der Waals surface area contributed by atoms with Crippen LogP contribution in [0.25, 0.3) is 0 Å². The molecule has 106 valence electrons. The Bertz CT molecular complexity index is 450. The Morgan fingerprint density at radius 1 is 1.53 bits per heavy atom. The molecule has 0 spiro atoms. The summed E-state index contributed by atoms with van der Waals surface area (Å²) in [5.74, 6) is 1.03. The Hall–Kier alpha value is -0.970. The lowest BCUT2D eigenvalue weighted by Gasteiger charge is -2.30. The number of halogens is 2. The summed E-state index contributed by atoms with van der Waals surface area (Å²) < 4.78 is 5.27. The van der Waals surface area contributed by atoms with Gasteiger partial charge < -0.3 is 15.0 Å². The van der Waals surface area contributed by atoms with Crippen molar-refractivity contribution in [3.05, 3.63) is 28.8 Å². The number of hydrogen-bond donors (Lipinski definition) is 1. The topological polar surface area (TPSA) is 41.6 Å². The highest BCUT2D eigenvalue weighted by molar-refractivity contribution is 6.30. The molecular formula is C13H18Cl2N2O2. The number of methoxy groups -OCH3 is 1. The molecule has 0 radical (unpaired) electrons. The molecule has 0 bridgehead atoms. The van der Waals surface area contributed by atoms with Crippen LogP contribution in [0.4, 0.5) is 0 Å². The number of hydrogen-bond acceptors (Lipinski definition) is 3. The first-order valence-electron chi connectivity index (χ1n) is 5.90. The fourth-order valence-corrected chi connectivity index (χ4v) is 2.17. The van der Waals surface area contributed by atoms with Crippen LogP contribution in [0, 0.1) is 5.92 Å². The molecule has 1 heterocycles. The van der Waals surface area contributed by atoms with Gasteiger partial charge in [-0.15, -0.1) is 12.4 Å². The first-order chi connectivity index (χ1) is 8.61. The van der Waals surface area contributed by atoms with Crippen LogP contribution in [0.1, 0.15) is 5.56 Å². The Labute approximate surface area is 124 Å². The van der Waals surface area contributed by atoms with E-state index in [1.807, 2.05) is 12.1 Å². The minimum Gasteiger partial charge on any atom is -0.496 e. The quantitative estimate of drug-likeness (QED) is 0.924. The number of nitrogens with zero attached hydrogens (tertiary/aromatic N) is 1. The van der Waals surface area contributed by atoms with E-state index in [4.69, 9.17) is 16.3 Å². The van der Waals surface area contributed by atoms with E-state index >= 15 is 0 Å². The van der Waals surface area contributed by atoms with Gasteiger partial charge in [0.25, 0.3) is 0 Å². The molecule has 6 heteroatoms. The molecule has 1 aliphatic heterocycles. The van der Waals surface area contributed by atoms with Crippen molar-refractivity contribution in [3.8, 4) is 5.75 Å². The van der Waals surface area contributed by atoms with Gasteiger partial charge in [0.15, 0.2) is 0 Å². The molecule has 1 aromatic carbocycles. The summed E-state index contributed by atoms with van der Waals surface area (Å²) >= 11 is 5.97. The van der Waals surface area contributed by atoms with Crippen molar-refractivity contribution in [1.82, 2.24) is 10.2 Å². The van der Waals surface area contributed by atoms with Crippen LogP contribution in [-0.4, -0.2) is 38.1 Å². The highest BCUT2D eigenvalue weighted by Crippen LogP contribution is 2.24. The molecule has 0 saturated carbocycles. The summed E-state index contributed by atoms with van der Waals surface area (Å²) in [6.45, 7) is 2.06. The zero-order chi connectivity index (χ0) is 13.1. The van der Waals surface area contributed by atoms with Gasteiger partial charge in [-0.1, -0.05) is 11.6 Å². The van der Waals surface area contributed by atoms with E-state index in [1.54, 1.807) is 25.1 Å². The highest BCUT2D eigenvalue weighted by Gasteiger charge is 2.27. The second-order valence-electron chi connectivity index (χ2n) is 4.51. The molecule has 1 saturated heterocycles. The van der Waals surface area contributed by atoms with Crippen LogP contribution in [-0.2, 0) is 11.3 Å². The summed E-state index contributed by atoms with van der Waals surface area (Å²) in [4.78, 5) is 13.7. The van der Waals surface area contributed by atoms with Gasteiger partial charge in [-0.3, -0.25) is 4.79 Å². The molecule has 1 aliphatic rings. The molecule has 1 aromatic rings. The maximum absolute atomic E-state index is 12.0. The SMILES string of the molecule is COc1ccc(Cl)cc1CN(C)C(=O)C1CNC1.Cl. The Morgan fingerprint density at radius 3 is 2.74 bits per heavy atom. The highest BCUT2D eigenvalue weighted by atomic mass is 35.5. The van der Waals surface area contributed by atoms with E-state index < -0.39 is 0 Å². The third-order valence-electron chi connectivity index (χ3n) is 3.16. The van der Waals surface area contributed by atoms with Crippen LogP contribution in [0.15, 0.2) is 18.2 Å². The van der Waals surface area contributed by atoms with Crippen molar-refractivity contribution in [2.24, 2.45) is 5.92 Å². The molecule has 2 rings (SSSR count). The molecular weight excluding hydrogens is 287 g/mol. The van der Waals surface area contributed by atoms with E-state index in [9.17, 15) is 4.79 Å². The van der Waals surface area contributed by atoms with E-state index in [2.05, 4.69) is 5.32 Å². The summed E-state index contributed by atoms with van der Waals surface area (Å²) in [6, 6.07) is 5.44. The van der Waals surface area contributed by atoms with Gasteiger partial charge in [0, 0.05) is 37.3 Å². The van der Waals surface area contributed by atoms with Crippen LogP contribution in [0.2, 0.25) is 5.02 Å². The molecule has 19 heavy (non-hydrogen) atoms. The van der Waals surface area contributed by atoms with Crippen molar-refractivity contribution in [1.29, 1.82) is 0 Å². The van der Waals surface area contributed by atoms with E-state index in [-0.39, 0.29) is 24.2 Å². The van der Waals surface area contributed by atoms with E-state index in [0.717, 1.165) is 24.4 Å². The first kappa shape index (κ1) is 16.1. The predicted octanol–water partition coefficient (Wildman–Crippen LogP) is 1.95. The lowest BCUT2D eigenvalue weighted by atomic mass is 10.0. The standard InChI is InChI=1S/C13H17ClN2O2.ClH/c1-16(13(17)10-6-15-7-10)8-9-5-11(14)3-4-12(9)18-2;/h3-5,10,15H,6-8H2,1-2H3;1H. The van der Waals surface area contributed by atoms with Gasteiger partial charge in [-0.05, 0) is 18.2 Å². The zero-order valence-electron chi connectivity index (χ0n) is 11.0. The van der Waals surface area contributed by atoms with Crippen molar-refractivity contribution in [2.45, 2.75) is 6.54 Å². The third-order valence-corrected chi connectivity index (χ3v) is 3.39. The average Bonchev–Trinajstić information content (AvgIpc) is 2.27. The monoisotopic (exact) mass is 304 g/mol. The molecule has 1 fully saturated rings. The second-order valence-corrected chi connectivity index (χ2v) is 4.94. The number of nitrogens with one attached hydrogen (secondary N) is 1. The fraction of sp³-hybridized carbons (Fsp3) is 0.462.